The van der Waals surface area contributed by atoms with Gasteiger partial charge < -0.3 is 0 Å². The van der Waals surface area contributed by atoms with Crippen LogP contribution < -0.4 is 0 Å². The molecule has 0 heteroatoms. The highest BCUT2D eigenvalue weighted by Crippen LogP contribution is 2.25. The highest BCUT2D eigenvalue weighted by Gasteiger charge is 2.12. The van der Waals surface area contributed by atoms with Crippen LogP contribution in [-0.4, -0.2) is 0 Å². The molecule has 4 aromatic carbocycles. The van der Waals surface area contributed by atoms with Gasteiger partial charge in [0.05, 0.1) is 0 Å². The zero-order valence-electron chi connectivity index (χ0n) is 16.2. The lowest BCUT2D eigenvalue weighted by Crippen LogP contribution is -2.09. The standard InChI is InChI=1S/C27H28/c1-2-3-8-21(17-22-13-15-24-9-4-6-11-26(24)19-22)18-23-14-16-25-10-5-7-12-27(25)20-23/h4-7,9-16,19-21H,2-3,8,17-18H2,1H3. The van der Waals surface area contributed by atoms with Crippen LogP contribution in [0.15, 0.2) is 84.9 Å². The number of hydrogen-bond donors (Lipinski definition) is 0. The largest absolute Gasteiger partial charge is 0.0654 e. The van der Waals surface area contributed by atoms with Crippen molar-refractivity contribution in [3.8, 4) is 0 Å². The van der Waals surface area contributed by atoms with Gasteiger partial charge in [0.25, 0.3) is 0 Å². The van der Waals surface area contributed by atoms with E-state index in [-0.39, 0.29) is 0 Å². The predicted octanol–water partition coefficient (Wildman–Crippen LogP) is 7.58. The molecule has 0 aromatic heterocycles. The van der Waals surface area contributed by atoms with Crippen LogP contribution in [0.1, 0.15) is 37.3 Å². The summed E-state index contributed by atoms with van der Waals surface area (Å²) in [5, 5.41) is 5.38. The van der Waals surface area contributed by atoms with Gasteiger partial charge in [0.15, 0.2) is 0 Å². The van der Waals surface area contributed by atoms with Crippen molar-refractivity contribution >= 4 is 21.5 Å². The summed E-state index contributed by atoms with van der Waals surface area (Å²) in [4.78, 5) is 0. The molecule has 0 amide bonds. The Morgan fingerprint density at radius 1 is 0.593 bits per heavy atom. The average molecular weight is 353 g/mol. The number of hydrogen-bond acceptors (Lipinski definition) is 0. The molecule has 0 unspecified atom stereocenters. The molecule has 0 heterocycles. The van der Waals surface area contributed by atoms with E-state index in [2.05, 4.69) is 91.9 Å². The fourth-order valence-electron chi connectivity index (χ4n) is 4.17. The van der Waals surface area contributed by atoms with Gasteiger partial charge >= 0.3 is 0 Å². The molecule has 0 aliphatic heterocycles. The summed E-state index contributed by atoms with van der Waals surface area (Å²) >= 11 is 0. The Balaban J connectivity index is 1.55. The lowest BCUT2D eigenvalue weighted by Gasteiger charge is -2.18. The molecule has 0 atom stereocenters. The molecule has 0 saturated carbocycles. The minimum Gasteiger partial charge on any atom is -0.0654 e. The molecule has 0 N–H and O–H groups in total. The fraction of sp³-hybridized carbons (Fsp3) is 0.259. The first kappa shape index (κ1) is 17.8. The van der Waals surface area contributed by atoms with Gasteiger partial charge in [-0.25, -0.2) is 0 Å². The van der Waals surface area contributed by atoms with Gasteiger partial charge in [-0.1, -0.05) is 105 Å². The van der Waals surface area contributed by atoms with Crippen LogP contribution in [0.4, 0.5) is 0 Å². The van der Waals surface area contributed by atoms with E-state index in [1.54, 1.807) is 0 Å². The van der Waals surface area contributed by atoms with E-state index in [0.29, 0.717) is 5.92 Å². The second kappa shape index (κ2) is 8.39. The molecule has 0 aliphatic carbocycles. The first-order valence-electron chi connectivity index (χ1n) is 10.3. The highest BCUT2D eigenvalue weighted by molar-refractivity contribution is 5.83. The molecular formula is C27H28. The molecule has 0 nitrogen and oxygen atoms in total. The van der Waals surface area contributed by atoms with Crippen molar-refractivity contribution in [1.82, 2.24) is 0 Å². The van der Waals surface area contributed by atoms with Crippen molar-refractivity contribution in [2.45, 2.75) is 39.0 Å². The second-order valence-corrected chi connectivity index (χ2v) is 7.78. The first-order valence-corrected chi connectivity index (χ1v) is 10.3. The SMILES string of the molecule is CCCCC(Cc1ccc2ccccc2c1)Cc1ccc2ccccc2c1. The van der Waals surface area contributed by atoms with Crippen LogP contribution in [0, 0.1) is 5.92 Å². The first-order chi connectivity index (χ1) is 13.3. The van der Waals surface area contributed by atoms with E-state index in [1.165, 1.54) is 51.9 Å². The van der Waals surface area contributed by atoms with E-state index in [4.69, 9.17) is 0 Å². The third kappa shape index (κ3) is 4.39. The van der Waals surface area contributed by atoms with Crippen LogP contribution in [0.2, 0.25) is 0 Å². The molecule has 4 rings (SSSR count). The zero-order valence-corrected chi connectivity index (χ0v) is 16.2. The number of unbranched alkanes of at least 4 members (excludes halogenated alkanes) is 1. The lowest BCUT2D eigenvalue weighted by molar-refractivity contribution is 0.460. The monoisotopic (exact) mass is 352 g/mol. The van der Waals surface area contributed by atoms with Gasteiger partial charge in [-0.05, 0) is 57.9 Å². The third-order valence-corrected chi connectivity index (χ3v) is 5.64. The molecule has 0 fully saturated rings. The summed E-state index contributed by atoms with van der Waals surface area (Å²) in [6, 6.07) is 31.3. The number of rotatable bonds is 7. The van der Waals surface area contributed by atoms with Gasteiger partial charge in [0, 0.05) is 0 Å². The molecule has 0 bridgehead atoms. The Labute approximate surface area is 162 Å². The van der Waals surface area contributed by atoms with Crippen LogP contribution in [0.25, 0.3) is 21.5 Å². The molecule has 0 aliphatic rings. The maximum Gasteiger partial charge on any atom is -0.0181 e. The summed E-state index contributed by atoms with van der Waals surface area (Å²) in [6.45, 7) is 2.29. The summed E-state index contributed by atoms with van der Waals surface area (Å²) in [5.74, 6) is 0.701. The quantitative estimate of drug-likeness (QED) is 0.321. The molecule has 136 valence electrons. The highest BCUT2D eigenvalue weighted by atomic mass is 14.2. The van der Waals surface area contributed by atoms with E-state index in [0.717, 1.165) is 12.8 Å². The Hall–Kier alpha value is -2.60. The van der Waals surface area contributed by atoms with Crippen molar-refractivity contribution in [1.29, 1.82) is 0 Å². The minimum absolute atomic E-state index is 0.701. The van der Waals surface area contributed by atoms with Crippen molar-refractivity contribution in [3.05, 3.63) is 96.1 Å². The molecule has 27 heavy (non-hydrogen) atoms. The van der Waals surface area contributed by atoms with E-state index >= 15 is 0 Å². The third-order valence-electron chi connectivity index (χ3n) is 5.64. The average Bonchev–Trinajstić information content (AvgIpc) is 2.72. The predicted molar refractivity (Wildman–Crippen MR) is 118 cm³/mol. The lowest BCUT2D eigenvalue weighted by atomic mass is 9.87. The molecule has 0 radical (unpaired) electrons. The van der Waals surface area contributed by atoms with Gasteiger partial charge in [0.2, 0.25) is 0 Å². The zero-order chi connectivity index (χ0) is 18.5. The Morgan fingerprint density at radius 3 is 1.56 bits per heavy atom. The van der Waals surface area contributed by atoms with Crippen molar-refractivity contribution in [2.24, 2.45) is 5.92 Å². The molecular weight excluding hydrogens is 324 g/mol. The normalized spacial score (nSPS) is 11.5. The van der Waals surface area contributed by atoms with Crippen LogP contribution >= 0.6 is 0 Å². The Morgan fingerprint density at radius 2 is 1.07 bits per heavy atom. The van der Waals surface area contributed by atoms with Crippen molar-refractivity contribution < 1.29 is 0 Å². The minimum atomic E-state index is 0.701. The summed E-state index contributed by atoms with van der Waals surface area (Å²) in [7, 11) is 0. The fourth-order valence-corrected chi connectivity index (χ4v) is 4.17. The van der Waals surface area contributed by atoms with E-state index < -0.39 is 0 Å². The molecule has 4 aromatic rings. The van der Waals surface area contributed by atoms with Gasteiger partial charge in [-0.2, -0.15) is 0 Å². The number of fused-ring (bicyclic) bond motifs is 2. The molecule has 0 saturated heterocycles. The topological polar surface area (TPSA) is 0 Å². The van der Waals surface area contributed by atoms with Crippen molar-refractivity contribution in [3.63, 3.8) is 0 Å². The maximum absolute atomic E-state index is 2.38. The van der Waals surface area contributed by atoms with Gasteiger partial charge in [0.1, 0.15) is 0 Å². The van der Waals surface area contributed by atoms with Crippen LogP contribution in [-0.2, 0) is 12.8 Å². The van der Waals surface area contributed by atoms with Crippen LogP contribution in [0.3, 0.4) is 0 Å². The summed E-state index contributed by atoms with van der Waals surface area (Å²) in [5.41, 5.74) is 2.94. The van der Waals surface area contributed by atoms with Crippen molar-refractivity contribution in [2.75, 3.05) is 0 Å². The maximum atomic E-state index is 2.38. The summed E-state index contributed by atoms with van der Waals surface area (Å²) in [6.07, 6.45) is 6.21. The number of benzene rings is 4. The van der Waals surface area contributed by atoms with Crippen LogP contribution in [0.5, 0.6) is 0 Å². The smallest absolute Gasteiger partial charge is 0.0181 e. The Kier molecular flexibility index (Phi) is 5.53. The van der Waals surface area contributed by atoms with E-state index in [9.17, 15) is 0 Å². The van der Waals surface area contributed by atoms with Gasteiger partial charge in [-0.3, -0.25) is 0 Å². The Bertz CT molecular complexity index is 947. The van der Waals surface area contributed by atoms with Gasteiger partial charge in [-0.15, -0.1) is 0 Å². The van der Waals surface area contributed by atoms with E-state index in [1.807, 2.05) is 0 Å². The summed E-state index contributed by atoms with van der Waals surface area (Å²) < 4.78 is 0. The second-order valence-electron chi connectivity index (χ2n) is 7.78. The molecule has 0 spiro atoms.